The Morgan fingerprint density at radius 3 is 3.00 bits per heavy atom. The molecule has 0 aromatic carbocycles. The van der Waals surface area contributed by atoms with Crippen LogP contribution in [0.25, 0.3) is 0 Å². The molecule has 0 saturated carbocycles. The van der Waals surface area contributed by atoms with Gasteiger partial charge in [-0.25, -0.2) is 10.2 Å². The molecule has 1 amide bonds. The Balaban J connectivity index is 2.57. The second-order valence-electron chi connectivity index (χ2n) is 2.74. The molecule has 1 rings (SSSR count). The van der Waals surface area contributed by atoms with Crippen molar-refractivity contribution in [1.82, 2.24) is 10.4 Å². The van der Waals surface area contributed by atoms with Crippen LogP contribution in [0.15, 0.2) is 29.5 Å². The zero-order valence-corrected chi connectivity index (χ0v) is 8.73. The van der Waals surface area contributed by atoms with E-state index in [1.807, 2.05) is 18.2 Å². The van der Waals surface area contributed by atoms with Gasteiger partial charge in [0.1, 0.15) is 0 Å². The maximum atomic E-state index is 10.9. The largest absolute Gasteiger partial charge is 0.449 e. The van der Waals surface area contributed by atoms with Crippen molar-refractivity contribution in [3.05, 3.63) is 30.1 Å². The topological polar surface area (TPSA) is 63.6 Å². The Kier molecular flexibility index (Phi) is 4.28. The minimum absolute atomic E-state index is 0.323. The van der Waals surface area contributed by atoms with Crippen LogP contribution in [0.5, 0.6) is 0 Å². The number of hydrogen-bond donors (Lipinski definition) is 1. The first kappa shape index (κ1) is 11.2. The summed E-state index contributed by atoms with van der Waals surface area (Å²) in [6.07, 6.45) is 1.10. The summed E-state index contributed by atoms with van der Waals surface area (Å²) in [6.45, 7) is 3.81. The van der Waals surface area contributed by atoms with Crippen molar-refractivity contribution < 1.29 is 9.53 Å². The van der Waals surface area contributed by atoms with E-state index in [-0.39, 0.29) is 0 Å². The van der Waals surface area contributed by atoms with Crippen LogP contribution in [-0.4, -0.2) is 23.4 Å². The molecule has 0 aliphatic rings. The fourth-order valence-corrected chi connectivity index (χ4v) is 0.927. The molecular formula is C10H13N3O2. The second-order valence-corrected chi connectivity index (χ2v) is 2.74. The lowest BCUT2D eigenvalue weighted by Gasteiger charge is -2.01. The molecule has 15 heavy (non-hydrogen) atoms. The van der Waals surface area contributed by atoms with E-state index in [0.29, 0.717) is 18.0 Å². The molecule has 0 radical (unpaired) electrons. The molecule has 1 aromatic heterocycles. The Morgan fingerprint density at radius 2 is 2.40 bits per heavy atom. The number of pyridine rings is 1. The first-order valence-corrected chi connectivity index (χ1v) is 4.62. The number of rotatable bonds is 3. The number of hydrazone groups is 1. The predicted octanol–water partition coefficient (Wildman–Crippen LogP) is 1.55. The summed E-state index contributed by atoms with van der Waals surface area (Å²) < 4.78 is 4.65. The summed E-state index contributed by atoms with van der Waals surface area (Å²) in [7, 11) is 0. The third-order valence-corrected chi connectivity index (χ3v) is 1.63. The molecule has 0 bridgehead atoms. The predicted molar refractivity (Wildman–Crippen MR) is 56.6 cm³/mol. The summed E-state index contributed by atoms with van der Waals surface area (Å²) in [6, 6.07) is 5.48. The number of amides is 1. The first-order chi connectivity index (χ1) is 7.24. The van der Waals surface area contributed by atoms with Crippen LogP contribution < -0.4 is 5.43 Å². The third kappa shape index (κ3) is 3.76. The first-order valence-electron chi connectivity index (χ1n) is 4.62. The summed E-state index contributed by atoms with van der Waals surface area (Å²) >= 11 is 0. The van der Waals surface area contributed by atoms with Crippen LogP contribution in [0.4, 0.5) is 4.79 Å². The normalized spacial score (nSPS) is 10.9. The van der Waals surface area contributed by atoms with Crippen molar-refractivity contribution in [3.8, 4) is 0 Å². The molecule has 0 atom stereocenters. The van der Waals surface area contributed by atoms with Gasteiger partial charge < -0.3 is 4.74 Å². The van der Waals surface area contributed by atoms with Gasteiger partial charge >= 0.3 is 6.09 Å². The van der Waals surface area contributed by atoms with Crippen molar-refractivity contribution in [2.24, 2.45) is 5.10 Å². The van der Waals surface area contributed by atoms with Crippen LogP contribution in [0.1, 0.15) is 19.5 Å². The molecule has 1 heterocycles. The smallest absolute Gasteiger partial charge is 0.427 e. The molecule has 1 aromatic rings. The highest BCUT2D eigenvalue weighted by atomic mass is 16.5. The molecule has 0 aliphatic carbocycles. The number of hydrogen-bond acceptors (Lipinski definition) is 4. The Morgan fingerprint density at radius 1 is 1.60 bits per heavy atom. The number of nitrogens with zero attached hydrogens (tertiary/aromatic N) is 2. The minimum atomic E-state index is -0.562. The standard InChI is InChI=1S/C10H13N3O2/c1-3-15-10(14)13-12-8(2)9-6-4-5-7-11-9/h4-7H,3H2,1-2H3,(H,13,14)/b12-8-. The lowest BCUT2D eigenvalue weighted by Crippen LogP contribution is -2.20. The Labute approximate surface area is 88.2 Å². The third-order valence-electron chi connectivity index (χ3n) is 1.63. The van der Waals surface area contributed by atoms with Crippen LogP contribution in [0.3, 0.4) is 0 Å². The number of carbonyl (C=O) groups excluding carboxylic acids is 1. The molecule has 80 valence electrons. The SMILES string of the molecule is CCOC(=O)N/N=C(/C)c1ccccn1. The van der Waals surface area contributed by atoms with Gasteiger partial charge in [0.15, 0.2) is 0 Å². The number of ether oxygens (including phenoxy) is 1. The summed E-state index contributed by atoms with van der Waals surface area (Å²) in [5, 5.41) is 3.84. The highest BCUT2D eigenvalue weighted by Crippen LogP contribution is 1.95. The molecule has 0 spiro atoms. The van der Waals surface area contributed by atoms with Crippen LogP contribution >= 0.6 is 0 Å². The zero-order valence-electron chi connectivity index (χ0n) is 8.73. The van der Waals surface area contributed by atoms with Gasteiger partial charge in [0.05, 0.1) is 18.0 Å². The van der Waals surface area contributed by atoms with E-state index in [1.165, 1.54) is 0 Å². The van der Waals surface area contributed by atoms with Gasteiger partial charge in [-0.2, -0.15) is 5.10 Å². The van der Waals surface area contributed by atoms with Gasteiger partial charge in [-0.15, -0.1) is 0 Å². The number of carbonyl (C=O) groups is 1. The molecular weight excluding hydrogens is 194 g/mol. The van der Waals surface area contributed by atoms with Crippen molar-refractivity contribution in [1.29, 1.82) is 0 Å². The maximum Gasteiger partial charge on any atom is 0.427 e. The van der Waals surface area contributed by atoms with E-state index >= 15 is 0 Å². The average molecular weight is 207 g/mol. The quantitative estimate of drug-likeness (QED) is 0.604. The van der Waals surface area contributed by atoms with E-state index < -0.39 is 6.09 Å². The zero-order chi connectivity index (χ0) is 11.1. The van der Waals surface area contributed by atoms with Gasteiger partial charge in [0.2, 0.25) is 0 Å². The number of aromatic nitrogens is 1. The maximum absolute atomic E-state index is 10.9. The van der Waals surface area contributed by atoms with Crippen molar-refractivity contribution in [2.45, 2.75) is 13.8 Å². The van der Waals surface area contributed by atoms with Crippen LogP contribution in [0.2, 0.25) is 0 Å². The van der Waals surface area contributed by atoms with E-state index in [2.05, 4.69) is 20.2 Å². The van der Waals surface area contributed by atoms with Gasteiger partial charge in [0.25, 0.3) is 0 Å². The van der Waals surface area contributed by atoms with E-state index in [4.69, 9.17) is 0 Å². The van der Waals surface area contributed by atoms with E-state index in [9.17, 15) is 4.79 Å². The van der Waals surface area contributed by atoms with E-state index in [1.54, 1.807) is 20.0 Å². The van der Waals surface area contributed by atoms with Crippen molar-refractivity contribution >= 4 is 11.8 Å². The van der Waals surface area contributed by atoms with Crippen LogP contribution in [-0.2, 0) is 4.74 Å². The fourth-order valence-electron chi connectivity index (χ4n) is 0.927. The Hall–Kier alpha value is -1.91. The molecule has 0 unspecified atom stereocenters. The summed E-state index contributed by atoms with van der Waals surface area (Å²) in [4.78, 5) is 15.0. The second kappa shape index (κ2) is 5.74. The summed E-state index contributed by atoms with van der Waals surface area (Å²) in [5.41, 5.74) is 3.61. The van der Waals surface area contributed by atoms with Gasteiger partial charge in [-0.3, -0.25) is 4.98 Å². The van der Waals surface area contributed by atoms with Crippen LogP contribution in [0, 0.1) is 0 Å². The average Bonchev–Trinajstić information content (AvgIpc) is 2.27. The molecule has 0 aliphatic heterocycles. The highest BCUT2D eigenvalue weighted by Gasteiger charge is 2.00. The van der Waals surface area contributed by atoms with Crippen molar-refractivity contribution in [3.63, 3.8) is 0 Å². The number of nitrogens with one attached hydrogen (secondary N) is 1. The van der Waals surface area contributed by atoms with Gasteiger partial charge in [-0.05, 0) is 26.0 Å². The Bertz CT molecular complexity index is 349. The lowest BCUT2D eigenvalue weighted by molar-refractivity contribution is 0.152. The monoisotopic (exact) mass is 207 g/mol. The molecule has 0 saturated heterocycles. The minimum Gasteiger partial charge on any atom is -0.449 e. The summed E-state index contributed by atoms with van der Waals surface area (Å²) in [5.74, 6) is 0. The van der Waals surface area contributed by atoms with Gasteiger partial charge in [-0.1, -0.05) is 6.07 Å². The lowest BCUT2D eigenvalue weighted by atomic mass is 10.3. The molecule has 5 nitrogen and oxygen atoms in total. The highest BCUT2D eigenvalue weighted by molar-refractivity contribution is 5.97. The van der Waals surface area contributed by atoms with Gasteiger partial charge in [0, 0.05) is 6.20 Å². The van der Waals surface area contributed by atoms with E-state index in [0.717, 1.165) is 0 Å². The molecule has 0 fully saturated rings. The van der Waals surface area contributed by atoms with Crippen molar-refractivity contribution in [2.75, 3.05) is 6.61 Å². The fraction of sp³-hybridized carbons (Fsp3) is 0.300. The molecule has 5 heteroatoms. The molecule has 1 N–H and O–H groups in total.